The fourth-order valence-electron chi connectivity index (χ4n) is 1.28. The van der Waals surface area contributed by atoms with E-state index in [9.17, 15) is 10.2 Å². The summed E-state index contributed by atoms with van der Waals surface area (Å²) in [6.45, 7) is -0.539. The molecule has 0 amide bonds. The third-order valence-corrected chi connectivity index (χ3v) is 2.05. The number of azide groups is 1. The van der Waals surface area contributed by atoms with Crippen LogP contribution >= 0.6 is 0 Å². The third-order valence-electron chi connectivity index (χ3n) is 2.05. The van der Waals surface area contributed by atoms with Crippen molar-refractivity contribution < 1.29 is 25.2 Å². The van der Waals surface area contributed by atoms with Crippen LogP contribution in [0, 0.1) is 0 Å². The highest BCUT2D eigenvalue weighted by molar-refractivity contribution is 4.93. The minimum absolute atomic E-state index is 0.539. The Bertz CT molecular complexity index is 244. The lowest BCUT2D eigenvalue weighted by Crippen LogP contribution is -2.57. The number of nitrogens with zero attached hydrogens (tertiary/aromatic N) is 3. The van der Waals surface area contributed by atoms with E-state index in [1.807, 2.05) is 0 Å². The molecular formula is C6H11N3O5. The number of aliphatic hydroxyl groups excluding tert-OH is 4. The molecule has 0 aromatic rings. The van der Waals surface area contributed by atoms with Crippen LogP contribution in [-0.4, -0.2) is 57.7 Å². The summed E-state index contributed by atoms with van der Waals surface area (Å²) in [5, 5.41) is 39.7. The van der Waals surface area contributed by atoms with Crippen molar-refractivity contribution in [2.24, 2.45) is 5.11 Å². The van der Waals surface area contributed by atoms with Crippen molar-refractivity contribution in [3.8, 4) is 0 Å². The molecule has 1 saturated heterocycles. The average Bonchev–Trinajstić information content (AvgIpc) is 2.18. The number of rotatable bonds is 2. The lowest BCUT2D eigenvalue weighted by atomic mass is 9.97. The van der Waals surface area contributed by atoms with E-state index >= 15 is 0 Å². The van der Waals surface area contributed by atoms with Crippen LogP contribution in [-0.2, 0) is 4.74 Å². The molecule has 8 nitrogen and oxygen atoms in total. The molecule has 1 fully saturated rings. The second-order valence-corrected chi connectivity index (χ2v) is 2.92. The van der Waals surface area contributed by atoms with E-state index in [-0.39, 0.29) is 0 Å². The van der Waals surface area contributed by atoms with Gasteiger partial charge in [0.1, 0.15) is 12.2 Å². The Morgan fingerprint density at radius 3 is 2.43 bits per heavy atom. The minimum Gasteiger partial charge on any atom is -0.394 e. The van der Waals surface area contributed by atoms with E-state index < -0.39 is 37.3 Å². The van der Waals surface area contributed by atoms with Gasteiger partial charge in [-0.3, -0.25) is 0 Å². The highest BCUT2D eigenvalue weighted by Gasteiger charge is 2.43. The van der Waals surface area contributed by atoms with Crippen LogP contribution in [0.1, 0.15) is 0 Å². The smallest absolute Gasteiger partial charge is 0.181 e. The maximum atomic E-state index is 9.43. The van der Waals surface area contributed by atoms with Gasteiger partial charge in [0, 0.05) is 4.91 Å². The van der Waals surface area contributed by atoms with Crippen molar-refractivity contribution in [2.75, 3.05) is 6.61 Å². The molecule has 1 heterocycles. The Morgan fingerprint density at radius 1 is 1.29 bits per heavy atom. The highest BCUT2D eigenvalue weighted by Crippen LogP contribution is 2.22. The average molecular weight is 205 g/mol. The Morgan fingerprint density at radius 2 is 1.93 bits per heavy atom. The summed E-state index contributed by atoms with van der Waals surface area (Å²) < 4.78 is 4.66. The Balaban J connectivity index is 2.82. The van der Waals surface area contributed by atoms with Crippen molar-refractivity contribution in [2.45, 2.75) is 30.6 Å². The second kappa shape index (κ2) is 4.56. The van der Waals surface area contributed by atoms with Crippen LogP contribution in [0.25, 0.3) is 10.4 Å². The van der Waals surface area contributed by atoms with Gasteiger partial charge in [-0.15, -0.1) is 0 Å². The highest BCUT2D eigenvalue weighted by atomic mass is 16.6. The zero-order valence-corrected chi connectivity index (χ0v) is 7.13. The van der Waals surface area contributed by atoms with Crippen LogP contribution < -0.4 is 0 Å². The SMILES string of the molecule is [N-]=[N+]=N[C@@H]1C(O)C(O)OC(CO)[C@@H]1O. The van der Waals surface area contributed by atoms with Crippen LogP contribution in [0.4, 0.5) is 0 Å². The summed E-state index contributed by atoms with van der Waals surface area (Å²) >= 11 is 0. The van der Waals surface area contributed by atoms with Crippen LogP contribution in [0.5, 0.6) is 0 Å². The first kappa shape index (κ1) is 11.2. The molecule has 1 rings (SSSR count). The zero-order chi connectivity index (χ0) is 10.7. The second-order valence-electron chi connectivity index (χ2n) is 2.92. The Labute approximate surface area is 79.0 Å². The fourth-order valence-corrected chi connectivity index (χ4v) is 1.28. The van der Waals surface area contributed by atoms with Gasteiger partial charge in [0.05, 0.1) is 18.8 Å². The van der Waals surface area contributed by atoms with Gasteiger partial charge in [0.15, 0.2) is 6.29 Å². The van der Waals surface area contributed by atoms with Gasteiger partial charge in [0.25, 0.3) is 0 Å². The Kier molecular flexibility index (Phi) is 3.64. The molecule has 14 heavy (non-hydrogen) atoms. The first-order valence-corrected chi connectivity index (χ1v) is 3.96. The minimum atomic E-state index is -1.58. The third kappa shape index (κ3) is 1.95. The molecule has 0 radical (unpaired) electrons. The van der Waals surface area contributed by atoms with E-state index in [1.54, 1.807) is 0 Å². The summed E-state index contributed by atoms with van der Waals surface area (Å²) in [7, 11) is 0. The molecule has 4 N–H and O–H groups in total. The molecule has 8 heteroatoms. The van der Waals surface area contributed by atoms with Crippen molar-refractivity contribution in [3.05, 3.63) is 10.4 Å². The van der Waals surface area contributed by atoms with Crippen molar-refractivity contribution in [1.82, 2.24) is 0 Å². The molecule has 80 valence electrons. The zero-order valence-electron chi connectivity index (χ0n) is 7.13. The van der Waals surface area contributed by atoms with Crippen LogP contribution in [0.3, 0.4) is 0 Å². The summed E-state index contributed by atoms with van der Waals surface area (Å²) in [5.41, 5.74) is 8.15. The summed E-state index contributed by atoms with van der Waals surface area (Å²) in [6, 6.07) is -1.22. The molecule has 0 aromatic carbocycles. The molecular weight excluding hydrogens is 194 g/mol. The first-order valence-electron chi connectivity index (χ1n) is 3.96. The number of hydrogen-bond acceptors (Lipinski definition) is 6. The van der Waals surface area contributed by atoms with Crippen molar-refractivity contribution in [1.29, 1.82) is 0 Å². The van der Waals surface area contributed by atoms with E-state index in [1.165, 1.54) is 0 Å². The largest absolute Gasteiger partial charge is 0.394 e. The standard InChI is InChI=1S/C6H11N3O5/c7-9-8-3-4(11)2(1-10)14-6(13)5(3)12/h2-6,10-13H,1H2/t2?,3-,4-,5?,6?/m0/s1. The maximum Gasteiger partial charge on any atom is 0.181 e. The number of ether oxygens (including phenoxy) is 1. The van der Waals surface area contributed by atoms with Crippen molar-refractivity contribution >= 4 is 0 Å². The van der Waals surface area contributed by atoms with Gasteiger partial charge in [-0.1, -0.05) is 5.11 Å². The van der Waals surface area contributed by atoms with Crippen molar-refractivity contribution in [3.63, 3.8) is 0 Å². The van der Waals surface area contributed by atoms with Gasteiger partial charge in [0.2, 0.25) is 0 Å². The predicted octanol–water partition coefficient (Wildman–Crippen LogP) is -1.90. The van der Waals surface area contributed by atoms with Gasteiger partial charge in [-0.25, -0.2) is 0 Å². The lowest BCUT2D eigenvalue weighted by Gasteiger charge is -2.37. The molecule has 0 saturated carbocycles. The van der Waals surface area contributed by atoms with Crippen LogP contribution in [0.2, 0.25) is 0 Å². The number of aliphatic hydroxyl groups is 4. The van der Waals surface area contributed by atoms with Gasteiger partial charge >= 0.3 is 0 Å². The molecule has 5 atom stereocenters. The molecule has 0 bridgehead atoms. The van der Waals surface area contributed by atoms with Crippen LogP contribution in [0.15, 0.2) is 5.11 Å². The molecule has 1 aliphatic heterocycles. The van der Waals surface area contributed by atoms with E-state index in [0.717, 1.165) is 0 Å². The summed E-state index contributed by atoms with van der Waals surface area (Å²) in [6.07, 6.45) is -5.48. The van der Waals surface area contributed by atoms with Gasteiger partial charge in [-0.2, -0.15) is 0 Å². The Hall–Kier alpha value is -0.890. The topological polar surface area (TPSA) is 139 Å². The van der Waals surface area contributed by atoms with Gasteiger partial charge < -0.3 is 25.2 Å². The van der Waals surface area contributed by atoms with E-state index in [4.69, 9.17) is 15.7 Å². The molecule has 0 spiro atoms. The normalized spacial score (nSPS) is 43.0. The molecule has 0 aliphatic carbocycles. The quantitative estimate of drug-likeness (QED) is 0.237. The van der Waals surface area contributed by atoms with E-state index in [0.29, 0.717) is 0 Å². The molecule has 1 aliphatic rings. The lowest BCUT2D eigenvalue weighted by molar-refractivity contribution is -0.258. The monoisotopic (exact) mass is 205 g/mol. The molecule has 3 unspecified atom stereocenters. The molecule has 0 aromatic heterocycles. The number of hydrogen-bond donors (Lipinski definition) is 4. The predicted molar refractivity (Wildman–Crippen MR) is 42.9 cm³/mol. The van der Waals surface area contributed by atoms with E-state index in [2.05, 4.69) is 14.8 Å². The first-order chi connectivity index (χ1) is 6.61. The summed E-state index contributed by atoms with van der Waals surface area (Å²) in [4.78, 5) is 2.42. The fraction of sp³-hybridized carbons (Fsp3) is 1.00. The van der Waals surface area contributed by atoms with Gasteiger partial charge in [-0.05, 0) is 5.53 Å². The maximum absolute atomic E-state index is 9.43. The summed E-state index contributed by atoms with van der Waals surface area (Å²) in [5.74, 6) is 0.